The quantitative estimate of drug-likeness (QED) is 0.611. The molecule has 3 nitrogen and oxygen atoms in total. The lowest BCUT2D eigenvalue weighted by Crippen LogP contribution is -2.42. The molecule has 1 unspecified atom stereocenters. The minimum atomic E-state index is -0.863. The van der Waals surface area contributed by atoms with Crippen LogP contribution in [-0.4, -0.2) is 35.1 Å². The maximum absolute atomic E-state index is 13.6. The van der Waals surface area contributed by atoms with Gasteiger partial charge in [-0.05, 0) is 41.5 Å². The second-order valence-electron chi connectivity index (χ2n) is 4.29. The summed E-state index contributed by atoms with van der Waals surface area (Å²) in [6, 6.07) is 1.92. The molecule has 1 amide bonds. The molecule has 18 heavy (non-hydrogen) atoms. The van der Waals surface area contributed by atoms with Gasteiger partial charge < -0.3 is 10.0 Å². The number of benzene rings is 1. The van der Waals surface area contributed by atoms with Crippen LogP contribution in [-0.2, 0) is 0 Å². The van der Waals surface area contributed by atoms with E-state index < -0.39 is 23.6 Å². The van der Waals surface area contributed by atoms with Gasteiger partial charge in [0, 0.05) is 22.7 Å². The molecule has 0 spiro atoms. The summed E-state index contributed by atoms with van der Waals surface area (Å²) in [5.41, 5.74) is -0.144. The summed E-state index contributed by atoms with van der Waals surface area (Å²) in [4.78, 5) is 13.5. The van der Waals surface area contributed by atoms with Crippen LogP contribution in [0.2, 0.25) is 0 Å². The lowest BCUT2D eigenvalue weighted by atomic mass is 10.1. The van der Waals surface area contributed by atoms with E-state index in [1.54, 1.807) is 22.6 Å². The van der Waals surface area contributed by atoms with Crippen molar-refractivity contribution in [1.29, 1.82) is 0 Å². The van der Waals surface area contributed by atoms with Crippen LogP contribution in [0.25, 0.3) is 0 Å². The SMILES string of the molecule is O=C(c1cc(I)c(F)cc1F)N1CCCC(O)C1. The third kappa shape index (κ3) is 2.80. The van der Waals surface area contributed by atoms with Crippen LogP contribution in [0.3, 0.4) is 0 Å². The van der Waals surface area contributed by atoms with Crippen molar-refractivity contribution in [3.63, 3.8) is 0 Å². The zero-order valence-corrected chi connectivity index (χ0v) is 11.7. The van der Waals surface area contributed by atoms with Crippen molar-refractivity contribution in [2.75, 3.05) is 13.1 Å². The molecule has 6 heteroatoms. The Morgan fingerprint density at radius 2 is 2.11 bits per heavy atom. The number of piperidine rings is 1. The summed E-state index contributed by atoms with van der Waals surface area (Å²) in [5, 5.41) is 9.49. The monoisotopic (exact) mass is 367 g/mol. The van der Waals surface area contributed by atoms with E-state index in [2.05, 4.69) is 0 Å². The van der Waals surface area contributed by atoms with Gasteiger partial charge in [-0.25, -0.2) is 8.78 Å². The van der Waals surface area contributed by atoms with Crippen molar-refractivity contribution < 1.29 is 18.7 Å². The minimum Gasteiger partial charge on any atom is -0.391 e. The van der Waals surface area contributed by atoms with Crippen LogP contribution in [0.1, 0.15) is 23.2 Å². The molecule has 1 aromatic rings. The van der Waals surface area contributed by atoms with Crippen molar-refractivity contribution in [2.24, 2.45) is 0 Å². The van der Waals surface area contributed by atoms with Gasteiger partial charge in [0.15, 0.2) is 0 Å². The molecular weight excluding hydrogens is 355 g/mol. The molecule has 2 rings (SSSR count). The number of aliphatic hydroxyl groups is 1. The van der Waals surface area contributed by atoms with E-state index in [9.17, 15) is 18.7 Å². The van der Waals surface area contributed by atoms with Crippen LogP contribution in [0, 0.1) is 15.2 Å². The van der Waals surface area contributed by atoms with E-state index >= 15 is 0 Å². The first-order valence-corrected chi connectivity index (χ1v) is 6.69. The third-order valence-electron chi connectivity index (χ3n) is 2.92. The van der Waals surface area contributed by atoms with Crippen molar-refractivity contribution in [3.8, 4) is 0 Å². The fourth-order valence-corrected chi connectivity index (χ4v) is 2.46. The molecule has 1 saturated heterocycles. The molecule has 1 N–H and O–H groups in total. The van der Waals surface area contributed by atoms with E-state index in [0.29, 0.717) is 19.4 Å². The highest BCUT2D eigenvalue weighted by atomic mass is 127. The molecule has 0 aromatic heterocycles. The van der Waals surface area contributed by atoms with Gasteiger partial charge in [-0.15, -0.1) is 0 Å². The number of carbonyl (C=O) groups is 1. The van der Waals surface area contributed by atoms with Crippen LogP contribution in [0.15, 0.2) is 12.1 Å². The summed E-state index contributed by atoms with van der Waals surface area (Å²) in [6.07, 6.45) is 0.769. The third-order valence-corrected chi connectivity index (χ3v) is 3.75. The Morgan fingerprint density at radius 1 is 1.39 bits per heavy atom. The number of amides is 1. The van der Waals surface area contributed by atoms with Crippen LogP contribution < -0.4 is 0 Å². The highest BCUT2D eigenvalue weighted by Gasteiger charge is 2.25. The number of rotatable bonds is 1. The minimum absolute atomic E-state index is 0.144. The Kier molecular flexibility index (Phi) is 4.16. The number of hydrogen-bond acceptors (Lipinski definition) is 2. The number of likely N-dealkylation sites (tertiary alicyclic amines) is 1. The van der Waals surface area contributed by atoms with Gasteiger partial charge in [0.1, 0.15) is 11.6 Å². The Morgan fingerprint density at radius 3 is 2.78 bits per heavy atom. The van der Waals surface area contributed by atoms with E-state index in [-0.39, 0.29) is 15.7 Å². The zero-order valence-electron chi connectivity index (χ0n) is 9.50. The van der Waals surface area contributed by atoms with Crippen LogP contribution in [0.5, 0.6) is 0 Å². The van der Waals surface area contributed by atoms with Crippen LogP contribution in [0.4, 0.5) is 8.78 Å². The molecular formula is C12H12F2INO2. The summed E-state index contributed by atoms with van der Waals surface area (Å²) in [7, 11) is 0. The highest BCUT2D eigenvalue weighted by molar-refractivity contribution is 14.1. The molecule has 1 aromatic carbocycles. The average molecular weight is 367 g/mol. The summed E-state index contributed by atoms with van der Waals surface area (Å²) < 4.78 is 26.9. The molecule has 0 radical (unpaired) electrons. The van der Waals surface area contributed by atoms with E-state index in [4.69, 9.17) is 0 Å². The molecule has 1 atom stereocenters. The highest BCUT2D eigenvalue weighted by Crippen LogP contribution is 2.20. The van der Waals surface area contributed by atoms with Gasteiger partial charge in [0.2, 0.25) is 0 Å². The Bertz CT molecular complexity index is 481. The maximum Gasteiger partial charge on any atom is 0.256 e. The first kappa shape index (κ1) is 13.7. The standard InChI is InChI=1S/C12H12F2INO2/c13-9-5-10(14)11(15)4-8(9)12(18)16-3-1-2-7(17)6-16/h4-5,7,17H,1-3,6H2. The Balaban J connectivity index is 2.25. The number of aliphatic hydroxyl groups excluding tert-OH is 1. The van der Waals surface area contributed by atoms with Crippen molar-refractivity contribution in [3.05, 3.63) is 32.9 Å². The molecule has 98 valence electrons. The predicted octanol–water partition coefficient (Wildman–Crippen LogP) is 2.17. The van der Waals surface area contributed by atoms with Crippen molar-refractivity contribution in [1.82, 2.24) is 4.90 Å². The average Bonchev–Trinajstić information content (AvgIpc) is 2.33. The molecule has 1 aliphatic rings. The zero-order chi connectivity index (χ0) is 13.3. The van der Waals surface area contributed by atoms with Gasteiger partial charge in [0.05, 0.1) is 11.7 Å². The number of β-amino-alcohol motifs (C(OH)–C–C–N with tert-alkyl or cyclic N) is 1. The Hall–Kier alpha value is -0.760. The molecule has 0 saturated carbocycles. The summed E-state index contributed by atoms with van der Waals surface area (Å²) >= 11 is 1.71. The first-order valence-electron chi connectivity index (χ1n) is 5.61. The first-order chi connectivity index (χ1) is 8.49. The van der Waals surface area contributed by atoms with E-state index in [0.717, 1.165) is 6.07 Å². The summed E-state index contributed by atoms with van der Waals surface area (Å²) in [6.45, 7) is 0.690. The molecule has 1 fully saturated rings. The van der Waals surface area contributed by atoms with Gasteiger partial charge >= 0.3 is 0 Å². The smallest absolute Gasteiger partial charge is 0.256 e. The predicted molar refractivity (Wildman–Crippen MR) is 70.2 cm³/mol. The lowest BCUT2D eigenvalue weighted by Gasteiger charge is -2.30. The largest absolute Gasteiger partial charge is 0.391 e. The number of carbonyl (C=O) groups excluding carboxylic acids is 1. The van der Waals surface area contributed by atoms with Crippen molar-refractivity contribution >= 4 is 28.5 Å². The Labute approximate surface area is 117 Å². The number of halogens is 3. The topological polar surface area (TPSA) is 40.5 Å². The fourth-order valence-electron chi connectivity index (χ4n) is 2.00. The second kappa shape index (κ2) is 5.48. The normalized spacial score (nSPS) is 20.0. The molecule has 1 aliphatic heterocycles. The molecule has 0 bridgehead atoms. The lowest BCUT2D eigenvalue weighted by molar-refractivity contribution is 0.0469. The molecule has 0 aliphatic carbocycles. The second-order valence-corrected chi connectivity index (χ2v) is 5.46. The van der Waals surface area contributed by atoms with E-state index in [1.807, 2.05) is 0 Å². The number of hydrogen-bond donors (Lipinski definition) is 1. The van der Waals surface area contributed by atoms with Gasteiger partial charge in [-0.1, -0.05) is 0 Å². The summed E-state index contributed by atoms with van der Waals surface area (Å²) in [5.74, 6) is -2.04. The maximum atomic E-state index is 13.6. The number of nitrogens with zero attached hydrogens (tertiary/aromatic N) is 1. The van der Waals surface area contributed by atoms with E-state index in [1.165, 1.54) is 11.0 Å². The van der Waals surface area contributed by atoms with Gasteiger partial charge in [-0.3, -0.25) is 4.79 Å². The molecule has 1 heterocycles. The van der Waals surface area contributed by atoms with Gasteiger partial charge in [-0.2, -0.15) is 0 Å². The van der Waals surface area contributed by atoms with Gasteiger partial charge in [0.25, 0.3) is 5.91 Å². The fraction of sp³-hybridized carbons (Fsp3) is 0.417. The van der Waals surface area contributed by atoms with Crippen LogP contribution >= 0.6 is 22.6 Å². The van der Waals surface area contributed by atoms with Crippen molar-refractivity contribution in [2.45, 2.75) is 18.9 Å².